The van der Waals surface area contributed by atoms with Gasteiger partial charge in [0, 0.05) is 31.9 Å². The van der Waals surface area contributed by atoms with Crippen LogP contribution in [-0.4, -0.2) is 60.8 Å². The zero-order valence-corrected chi connectivity index (χ0v) is 20.3. The summed E-state index contributed by atoms with van der Waals surface area (Å²) >= 11 is 0. The topological polar surface area (TPSA) is 118 Å². The van der Waals surface area contributed by atoms with Crippen molar-refractivity contribution in [1.29, 1.82) is 0 Å². The molecule has 1 N–H and O–H groups in total. The van der Waals surface area contributed by atoms with Crippen molar-refractivity contribution < 1.29 is 43.2 Å². The second-order valence-electron chi connectivity index (χ2n) is 9.25. The molecule has 1 heterocycles. The maximum atomic E-state index is 12.4. The first-order valence-corrected chi connectivity index (χ1v) is 11.4. The second kappa shape index (κ2) is 11.7. The van der Waals surface area contributed by atoms with Crippen LogP contribution in [0.25, 0.3) is 0 Å². The van der Waals surface area contributed by atoms with Crippen molar-refractivity contribution in [1.82, 2.24) is 0 Å². The molecule has 0 bridgehead atoms. The second-order valence-corrected chi connectivity index (χ2v) is 9.25. The van der Waals surface area contributed by atoms with Crippen molar-refractivity contribution in [2.45, 2.75) is 72.4 Å². The molecule has 4 atom stereocenters. The van der Waals surface area contributed by atoms with Gasteiger partial charge in [0.05, 0.1) is 18.8 Å². The van der Waals surface area contributed by atoms with Crippen molar-refractivity contribution in [3.8, 4) is 0 Å². The van der Waals surface area contributed by atoms with Gasteiger partial charge in [-0.1, -0.05) is 27.7 Å². The SMILES string of the molecule is CCOC[C@@]1(O)[C@@H](OC(=O)CC(C)C)C=C2C(COC(C)=O)=CO[C@@H](OC(=O)CC(C)C)[C@@H]21. The Morgan fingerprint density at radius 1 is 1.09 bits per heavy atom. The van der Waals surface area contributed by atoms with Gasteiger partial charge in [0.1, 0.15) is 12.2 Å². The molecule has 0 saturated carbocycles. The van der Waals surface area contributed by atoms with Crippen LogP contribution in [0.2, 0.25) is 0 Å². The maximum Gasteiger partial charge on any atom is 0.309 e. The minimum atomic E-state index is -1.75. The van der Waals surface area contributed by atoms with E-state index in [2.05, 4.69) is 0 Å². The van der Waals surface area contributed by atoms with Gasteiger partial charge in [0.2, 0.25) is 0 Å². The number of carbonyl (C=O) groups excluding carboxylic acids is 3. The van der Waals surface area contributed by atoms with Crippen molar-refractivity contribution in [3.05, 3.63) is 23.5 Å². The Morgan fingerprint density at radius 3 is 2.24 bits per heavy atom. The minimum absolute atomic E-state index is 0.0707. The molecule has 0 aromatic heterocycles. The van der Waals surface area contributed by atoms with E-state index < -0.39 is 41.8 Å². The van der Waals surface area contributed by atoms with Crippen LogP contribution in [0.3, 0.4) is 0 Å². The molecule has 0 unspecified atom stereocenters. The van der Waals surface area contributed by atoms with Gasteiger partial charge >= 0.3 is 17.9 Å². The predicted octanol–water partition coefficient (Wildman–Crippen LogP) is 2.66. The zero-order chi connectivity index (χ0) is 24.8. The smallest absolute Gasteiger partial charge is 0.309 e. The van der Waals surface area contributed by atoms with Crippen LogP contribution in [0, 0.1) is 17.8 Å². The first kappa shape index (κ1) is 26.9. The third-order valence-electron chi connectivity index (χ3n) is 5.31. The summed E-state index contributed by atoms with van der Waals surface area (Å²) in [5.41, 5.74) is -0.755. The molecule has 0 aromatic rings. The lowest BCUT2D eigenvalue weighted by Crippen LogP contribution is -2.55. The van der Waals surface area contributed by atoms with Crippen molar-refractivity contribution in [2.75, 3.05) is 19.8 Å². The average molecular weight is 469 g/mol. The Hall–Kier alpha value is -2.39. The van der Waals surface area contributed by atoms with E-state index in [9.17, 15) is 19.5 Å². The molecule has 2 aliphatic rings. The zero-order valence-electron chi connectivity index (χ0n) is 20.3. The number of aliphatic hydroxyl groups is 1. The highest BCUT2D eigenvalue weighted by atomic mass is 16.7. The number of esters is 3. The van der Waals surface area contributed by atoms with E-state index >= 15 is 0 Å². The van der Waals surface area contributed by atoms with Crippen molar-refractivity contribution >= 4 is 17.9 Å². The summed E-state index contributed by atoms with van der Waals surface area (Å²) in [6.07, 6.45) is 1.06. The summed E-state index contributed by atoms with van der Waals surface area (Å²) in [4.78, 5) is 36.2. The molecule has 9 nitrogen and oxygen atoms in total. The third-order valence-corrected chi connectivity index (χ3v) is 5.31. The van der Waals surface area contributed by atoms with Gasteiger partial charge in [-0.3, -0.25) is 14.4 Å². The number of carbonyl (C=O) groups is 3. The van der Waals surface area contributed by atoms with E-state index in [1.807, 2.05) is 27.7 Å². The molecule has 0 radical (unpaired) electrons. The lowest BCUT2D eigenvalue weighted by Gasteiger charge is -2.40. The van der Waals surface area contributed by atoms with Crippen molar-refractivity contribution in [3.63, 3.8) is 0 Å². The fourth-order valence-electron chi connectivity index (χ4n) is 3.84. The molecule has 186 valence electrons. The first-order chi connectivity index (χ1) is 15.5. The Labute approximate surface area is 195 Å². The molecular formula is C24H36O9. The van der Waals surface area contributed by atoms with E-state index in [1.54, 1.807) is 13.0 Å². The molecule has 0 aromatic carbocycles. The molecule has 33 heavy (non-hydrogen) atoms. The molecule has 2 rings (SSSR count). The molecule has 1 aliphatic heterocycles. The third kappa shape index (κ3) is 7.04. The van der Waals surface area contributed by atoms with Gasteiger partial charge < -0.3 is 28.8 Å². The molecular weight excluding hydrogens is 432 g/mol. The van der Waals surface area contributed by atoms with Gasteiger partial charge in [-0.05, 0) is 30.4 Å². The number of ether oxygens (including phenoxy) is 5. The summed E-state index contributed by atoms with van der Waals surface area (Å²) in [6.45, 7) is 10.6. The molecule has 1 aliphatic carbocycles. The van der Waals surface area contributed by atoms with Gasteiger partial charge in [0.25, 0.3) is 6.29 Å². The van der Waals surface area contributed by atoms with Crippen LogP contribution in [0.1, 0.15) is 54.4 Å². The highest BCUT2D eigenvalue weighted by Crippen LogP contribution is 2.47. The quantitative estimate of drug-likeness (QED) is 0.361. The maximum absolute atomic E-state index is 12.4. The Bertz CT molecular complexity index is 783. The highest BCUT2D eigenvalue weighted by molar-refractivity contribution is 5.71. The molecule has 0 spiro atoms. The summed E-state index contributed by atoms with van der Waals surface area (Å²) in [7, 11) is 0. The number of rotatable bonds is 11. The summed E-state index contributed by atoms with van der Waals surface area (Å²) in [5.74, 6) is -2.21. The van der Waals surface area contributed by atoms with Crippen molar-refractivity contribution in [2.24, 2.45) is 17.8 Å². The van der Waals surface area contributed by atoms with E-state index in [4.69, 9.17) is 23.7 Å². The van der Waals surface area contributed by atoms with E-state index in [1.165, 1.54) is 13.2 Å². The largest absolute Gasteiger partial charge is 0.461 e. The first-order valence-electron chi connectivity index (χ1n) is 11.4. The minimum Gasteiger partial charge on any atom is -0.461 e. The Morgan fingerprint density at radius 2 is 1.70 bits per heavy atom. The summed E-state index contributed by atoms with van der Waals surface area (Å²) < 4.78 is 27.6. The monoisotopic (exact) mass is 468 g/mol. The lowest BCUT2D eigenvalue weighted by atomic mass is 9.82. The van der Waals surface area contributed by atoms with Crippen LogP contribution in [0.5, 0.6) is 0 Å². The lowest BCUT2D eigenvalue weighted by molar-refractivity contribution is -0.217. The standard InChI is InChI=1S/C24H36O9/c1-7-29-13-24(28)19(32-20(26)8-14(2)3)10-18-17(11-30-16(6)25)12-31-23(22(18)24)33-21(27)9-15(4)5/h10,12,14-15,19,22-23,28H,7-9,11,13H2,1-6H3/t19-,22+,23-,24+/m0/s1. The van der Waals surface area contributed by atoms with Gasteiger partial charge in [-0.2, -0.15) is 0 Å². The summed E-state index contributed by atoms with van der Waals surface area (Å²) in [5, 5.41) is 11.8. The number of hydrogen-bond acceptors (Lipinski definition) is 9. The van der Waals surface area contributed by atoms with Gasteiger partial charge in [0.15, 0.2) is 6.10 Å². The Balaban J connectivity index is 2.41. The fourth-order valence-corrected chi connectivity index (χ4v) is 3.84. The summed E-state index contributed by atoms with van der Waals surface area (Å²) in [6, 6.07) is 0. The van der Waals surface area contributed by atoms with E-state index in [-0.39, 0.29) is 37.9 Å². The number of fused-ring (bicyclic) bond motifs is 1. The van der Waals surface area contributed by atoms with Gasteiger partial charge in [-0.15, -0.1) is 0 Å². The predicted molar refractivity (Wildman–Crippen MR) is 117 cm³/mol. The van der Waals surface area contributed by atoms with Crippen LogP contribution in [0.15, 0.2) is 23.5 Å². The number of hydrogen-bond donors (Lipinski definition) is 1. The van der Waals surface area contributed by atoms with Crippen LogP contribution in [-0.2, 0) is 38.1 Å². The van der Waals surface area contributed by atoms with E-state index in [0.717, 1.165) is 0 Å². The normalized spacial score (nSPS) is 26.3. The van der Waals surface area contributed by atoms with Crippen LogP contribution < -0.4 is 0 Å². The molecule has 9 heteroatoms. The van der Waals surface area contributed by atoms with Crippen LogP contribution >= 0.6 is 0 Å². The average Bonchev–Trinajstić information content (AvgIpc) is 2.97. The molecule has 0 amide bonds. The highest BCUT2D eigenvalue weighted by Gasteiger charge is 2.59. The fraction of sp³-hybridized carbons (Fsp3) is 0.708. The molecule has 0 fully saturated rings. The molecule has 0 saturated heterocycles. The Kier molecular flexibility index (Phi) is 9.48. The van der Waals surface area contributed by atoms with E-state index in [0.29, 0.717) is 17.8 Å². The van der Waals surface area contributed by atoms with Gasteiger partial charge in [-0.25, -0.2) is 0 Å². The van der Waals surface area contributed by atoms with Crippen LogP contribution in [0.4, 0.5) is 0 Å².